The molecule has 1 aliphatic carbocycles. The summed E-state index contributed by atoms with van der Waals surface area (Å²) in [6, 6.07) is 12.3. The van der Waals surface area contributed by atoms with Crippen LogP contribution >= 0.6 is 11.6 Å². The number of fused-ring (bicyclic) bond motifs is 1. The molecule has 0 bridgehead atoms. The van der Waals surface area contributed by atoms with Crippen molar-refractivity contribution in [1.29, 1.82) is 0 Å². The number of likely N-dealkylation sites (tertiary alicyclic amines) is 1. The lowest BCUT2D eigenvalue weighted by Gasteiger charge is -2.50. The van der Waals surface area contributed by atoms with Crippen molar-refractivity contribution in [2.75, 3.05) is 27.9 Å². The summed E-state index contributed by atoms with van der Waals surface area (Å²) in [7, 11) is 4.91. The number of hydrogen-bond donors (Lipinski definition) is 2. The molecule has 1 saturated carbocycles. The summed E-state index contributed by atoms with van der Waals surface area (Å²) in [5.74, 6) is 2.07. The van der Waals surface area contributed by atoms with E-state index in [2.05, 4.69) is 18.2 Å². The highest BCUT2D eigenvalue weighted by molar-refractivity contribution is 6.31. The van der Waals surface area contributed by atoms with Crippen molar-refractivity contribution in [1.82, 2.24) is 0 Å². The van der Waals surface area contributed by atoms with E-state index in [0.717, 1.165) is 61.3 Å². The molecule has 1 unspecified atom stereocenters. The Balaban J connectivity index is 1.79. The van der Waals surface area contributed by atoms with Crippen LogP contribution in [0.2, 0.25) is 5.02 Å². The van der Waals surface area contributed by atoms with E-state index < -0.39 is 5.60 Å². The van der Waals surface area contributed by atoms with E-state index in [4.69, 9.17) is 25.8 Å². The van der Waals surface area contributed by atoms with Gasteiger partial charge >= 0.3 is 0 Å². The predicted molar refractivity (Wildman–Crippen MR) is 121 cm³/mol. The minimum atomic E-state index is -0.618. The van der Waals surface area contributed by atoms with Crippen LogP contribution < -0.4 is 19.1 Å². The zero-order valence-electron chi connectivity index (χ0n) is 18.6. The van der Waals surface area contributed by atoms with Crippen LogP contribution in [0.25, 0.3) is 0 Å². The van der Waals surface area contributed by atoms with E-state index in [0.29, 0.717) is 17.2 Å². The summed E-state index contributed by atoms with van der Waals surface area (Å²) >= 11 is 6.52. The Bertz CT molecular complexity index is 895. The third kappa shape index (κ3) is 4.23. The molecule has 0 amide bonds. The summed E-state index contributed by atoms with van der Waals surface area (Å²) in [5.41, 5.74) is 1.63. The monoisotopic (exact) mass is 446 g/mol. The number of methoxy groups -OCH3 is 3. The molecule has 2 N–H and O–H groups in total. The molecule has 0 aromatic heterocycles. The van der Waals surface area contributed by atoms with Crippen molar-refractivity contribution in [3.63, 3.8) is 0 Å². The maximum absolute atomic E-state index is 11.6. The maximum Gasteiger partial charge on any atom is 0.203 e. The maximum atomic E-state index is 11.6. The lowest BCUT2D eigenvalue weighted by Crippen LogP contribution is -3.13. The van der Waals surface area contributed by atoms with Crippen LogP contribution in [0.1, 0.15) is 49.3 Å². The number of quaternary nitrogens is 1. The molecule has 1 saturated heterocycles. The van der Waals surface area contributed by atoms with Gasteiger partial charge in [0, 0.05) is 28.5 Å². The van der Waals surface area contributed by atoms with Crippen LogP contribution in [-0.2, 0) is 6.54 Å². The lowest BCUT2D eigenvalue weighted by atomic mass is 9.66. The first kappa shape index (κ1) is 22.3. The third-order valence-electron chi connectivity index (χ3n) is 7.21. The van der Waals surface area contributed by atoms with Gasteiger partial charge in [0.15, 0.2) is 11.5 Å². The molecular weight excluding hydrogens is 414 g/mol. The van der Waals surface area contributed by atoms with Gasteiger partial charge in [-0.3, -0.25) is 0 Å². The van der Waals surface area contributed by atoms with E-state index in [1.54, 1.807) is 21.3 Å². The molecule has 2 fully saturated rings. The third-order valence-corrected chi connectivity index (χ3v) is 7.58. The Morgan fingerprint density at radius 3 is 2.39 bits per heavy atom. The first-order valence-corrected chi connectivity index (χ1v) is 11.5. The Morgan fingerprint density at radius 1 is 1.03 bits per heavy atom. The van der Waals surface area contributed by atoms with Gasteiger partial charge in [-0.05, 0) is 31.0 Å². The first-order chi connectivity index (χ1) is 15.0. The molecular formula is C25H33ClNO4+. The Hall–Kier alpha value is -1.95. The quantitative estimate of drug-likeness (QED) is 0.708. The molecule has 1 aliphatic heterocycles. The molecule has 0 spiro atoms. The number of nitrogens with one attached hydrogen (secondary N) is 1. The summed E-state index contributed by atoms with van der Waals surface area (Å²) in [6.07, 6.45) is 4.95. The zero-order chi connectivity index (χ0) is 22.0. The Morgan fingerprint density at radius 2 is 1.74 bits per heavy atom. The molecule has 1 heterocycles. The fourth-order valence-electron chi connectivity index (χ4n) is 5.69. The van der Waals surface area contributed by atoms with E-state index >= 15 is 0 Å². The molecule has 31 heavy (non-hydrogen) atoms. The van der Waals surface area contributed by atoms with Crippen LogP contribution in [0.15, 0.2) is 36.4 Å². The van der Waals surface area contributed by atoms with Crippen molar-refractivity contribution in [3.05, 3.63) is 52.5 Å². The van der Waals surface area contributed by atoms with Crippen molar-refractivity contribution in [2.24, 2.45) is 5.92 Å². The summed E-state index contributed by atoms with van der Waals surface area (Å²) < 4.78 is 16.8. The zero-order valence-corrected chi connectivity index (χ0v) is 19.4. The second-order valence-electron chi connectivity index (χ2n) is 8.82. The van der Waals surface area contributed by atoms with Crippen LogP contribution in [0.3, 0.4) is 0 Å². The molecule has 6 heteroatoms. The predicted octanol–water partition coefficient (Wildman–Crippen LogP) is 3.82. The van der Waals surface area contributed by atoms with Crippen molar-refractivity contribution >= 4 is 11.6 Å². The van der Waals surface area contributed by atoms with Crippen LogP contribution in [-0.4, -0.2) is 38.6 Å². The van der Waals surface area contributed by atoms with Gasteiger partial charge in [-0.2, -0.15) is 0 Å². The molecule has 2 aromatic carbocycles. The van der Waals surface area contributed by atoms with Gasteiger partial charge in [-0.1, -0.05) is 42.6 Å². The molecule has 168 valence electrons. The lowest BCUT2D eigenvalue weighted by molar-refractivity contribution is -0.958. The molecule has 4 atom stereocenters. The standard InChI is InChI=1S/C25H32ClNO4/c1-29-21-14-18(15-22(30-2)24(21)31-3)23-19-9-6-7-11-25(19,28)12-13-27(23)16-17-8-4-5-10-20(17)26/h4-5,8,10,14-15,19,23,28H,6-7,9,11-13,16H2,1-3H3/p+1/t19-,23+,25+/m0/s1. The highest BCUT2D eigenvalue weighted by Gasteiger charge is 2.52. The fourth-order valence-corrected chi connectivity index (χ4v) is 5.89. The number of hydrogen-bond acceptors (Lipinski definition) is 4. The van der Waals surface area contributed by atoms with Crippen LogP contribution in [0, 0.1) is 5.92 Å². The highest BCUT2D eigenvalue weighted by atomic mass is 35.5. The van der Waals surface area contributed by atoms with Gasteiger partial charge in [-0.15, -0.1) is 0 Å². The Labute approximate surface area is 189 Å². The minimum Gasteiger partial charge on any atom is -0.493 e. The second kappa shape index (κ2) is 9.27. The van der Waals surface area contributed by atoms with Crippen molar-refractivity contribution < 1.29 is 24.2 Å². The average Bonchev–Trinajstić information content (AvgIpc) is 2.79. The number of ether oxygens (including phenoxy) is 3. The van der Waals surface area contributed by atoms with E-state index in [1.807, 2.05) is 18.2 Å². The first-order valence-electron chi connectivity index (χ1n) is 11.1. The summed E-state index contributed by atoms with van der Waals surface area (Å²) in [6.45, 7) is 1.70. The van der Waals surface area contributed by atoms with Crippen molar-refractivity contribution in [2.45, 2.75) is 50.3 Å². The number of rotatable bonds is 6. The minimum absolute atomic E-state index is 0.115. The van der Waals surface area contributed by atoms with E-state index in [-0.39, 0.29) is 12.0 Å². The molecule has 5 nitrogen and oxygen atoms in total. The van der Waals surface area contributed by atoms with Crippen LogP contribution in [0.5, 0.6) is 17.2 Å². The van der Waals surface area contributed by atoms with Gasteiger partial charge in [0.1, 0.15) is 12.6 Å². The normalized spacial score (nSPS) is 28.0. The molecule has 0 radical (unpaired) electrons. The highest BCUT2D eigenvalue weighted by Crippen LogP contribution is 2.47. The topological polar surface area (TPSA) is 52.4 Å². The second-order valence-corrected chi connectivity index (χ2v) is 9.23. The number of aliphatic hydroxyl groups is 1. The van der Waals surface area contributed by atoms with Gasteiger partial charge in [0.2, 0.25) is 5.75 Å². The molecule has 2 aromatic rings. The average molecular weight is 447 g/mol. The molecule has 2 aliphatic rings. The van der Waals surface area contributed by atoms with Gasteiger partial charge in [0.05, 0.1) is 33.5 Å². The summed E-state index contributed by atoms with van der Waals surface area (Å²) in [5, 5.41) is 12.4. The Kier molecular flexibility index (Phi) is 6.65. The number of benzene rings is 2. The smallest absolute Gasteiger partial charge is 0.203 e. The number of halogens is 1. The molecule has 4 rings (SSSR count). The summed E-state index contributed by atoms with van der Waals surface area (Å²) in [4.78, 5) is 1.42. The largest absolute Gasteiger partial charge is 0.493 e. The van der Waals surface area contributed by atoms with Crippen LogP contribution in [0.4, 0.5) is 0 Å². The van der Waals surface area contributed by atoms with Gasteiger partial charge in [0.25, 0.3) is 0 Å². The van der Waals surface area contributed by atoms with Gasteiger partial charge < -0.3 is 24.2 Å². The van der Waals surface area contributed by atoms with E-state index in [1.165, 1.54) is 4.90 Å². The van der Waals surface area contributed by atoms with Gasteiger partial charge in [-0.25, -0.2) is 0 Å². The SMILES string of the molecule is COc1cc([C@@H]2[C@@H]3CCCC[C@@]3(O)CC[NH+]2Cc2ccccc2Cl)cc(OC)c1OC. The number of piperidine rings is 1. The van der Waals surface area contributed by atoms with E-state index in [9.17, 15) is 5.11 Å². The fraction of sp³-hybridized carbons (Fsp3) is 0.520. The van der Waals surface area contributed by atoms with Crippen molar-refractivity contribution in [3.8, 4) is 17.2 Å².